The van der Waals surface area contributed by atoms with Crippen molar-refractivity contribution in [1.29, 1.82) is 0 Å². The Morgan fingerprint density at radius 1 is 1.16 bits per heavy atom. The highest BCUT2D eigenvalue weighted by atomic mass is 35.5. The first kappa shape index (κ1) is 26.7. The molecule has 37 heavy (non-hydrogen) atoms. The fraction of sp³-hybridized carbons (Fsp3) is 0.231. The summed E-state index contributed by atoms with van der Waals surface area (Å²) in [5, 5.41) is 14.7. The van der Waals surface area contributed by atoms with E-state index in [2.05, 4.69) is 15.5 Å². The Kier molecular flexibility index (Phi) is 8.86. The van der Waals surface area contributed by atoms with E-state index in [4.69, 9.17) is 21.1 Å². The zero-order chi connectivity index (χ0) is 26.4. The zero-order valence-corrected chi connectivity index (χ0v) is 22.9. The van der Waals surface area contributed by atoms with Crippen LogP contribution in [0, 0.1) is 6.92 Å². The van der Waals surface area contributed by atoms with Crippen molar-refractivity contribution in [3.63, 3.8) is 0 Å². The summed E-state index contributed by atoms with van der Waals surface area (Å²) in [6.45, 7) is 4.13. The van der Waals surface area contributed by atoms with Gasteiger partial charge >= 0.3 is 5.97 Å². The first-order chi connectivity index (χ1) is 17.9. The highest BCUT2D eigenvalue weighted by Gasteiger charge is 2.23. The van der Waals surface area contributed by atoms with Crippen LogP contribution in [0.5, 0.6) is 5.75 Å². The monoisotopic (exact) mass is 556 g/mol. The van der Waals surface area contributed by atoms with Crippen molar-refractivity contribution in [3.8, 4) is 16.9 Å². The number of aromatic nitrogens is 3. The van der Waals surface area contributed by atoms with Gasteiger partial charge in [0.1, 0.15) is 22.9 Å². The highest BCUT2D eigenvalue weighted by molar-refractivity contribution is 7.99. The maximum atomic E-state index is 12.8. The van der Waals surface area contributed by atoms with Crippen LogP contribution < -0.4 is 10.1 Å². The molecule has 0 spiro atoms. The number of anilines is 1. The van der Waals surface area contributed by atoms with Crippen LogP contribution in [0.15, 0.2) is 59.1 Å². The molecule has 0 bridgehead atoms. The van der Waals surface area contributed by atoms with Gasteiger partial charge in [-0.15, -0.1) is 21.5 Å². The van der Waals surface area contributed by atoms with Crippen molar-refractivity contribution in [2.24, 2.45) is 7.05 Å². The van der Waals surface area contributed by atoms with E-state index >= 15 is 0 Å². The number of benzene rings is 2. The van der Waals surface area contributed by atoms with Gasteiger partial charge in [-0.1, -0.05) is 53.7 Å². The average Bonchev–Trinajstić information content (AvgIpc) is 3.46. The Labute approximate surface area is 228 Å². The van der Waals surface area contributed by atoms with Gasteiger partial charge in [0.15, 0.2) is 11.0 Å². The summed E-state index contributed by atoms with van der Waals surface area (Å²) in [6.07, 6.45) is 0. The molecule has 2 aromatic carbocycles. The molecule has 0 aliphatic heterocycles. The topological polar surface area (TPSA) is 95.3 Å². The summed E-state index contributed by atoms with van der Waals surface area (Å²) >= 11 is 8.53. The minimum Gasteiger partial charge on any atom is -0.485 e. The first-order valence-electron chi connectivity index (χ1n) is 11.4. The molecule has 11 heteroatoms. The van der Waals surface area contributed by atoms with Gasteiger partial charge in [-0.2, -0.15) is 0 Å². The Hall–Kier alpha value is -3.34. The molecular weight excluding hydrogens is 532 g/mol. The van der Waals surface area contributed by atoms with Crippen molar-refractivity contribution >= 4 is 51.6 Å². The number of hydrogen-bond donors (Lipinski definition) is 1. The Balaban J connectivity index is 1.40. The highest BCUT2D eigenvalue weighted by Crippen LogP contribution is 2.36. The molecule has 2 heterocycles. The van der Waals surface area contributed by atoms with E-state index in [0.717, 1.165) is 16.7 Å². The van der Waals surface area contributed by atoms with Crippen LogP contribution in [0.25, 0.3) is 11.1 Å². The second kappa shape index (κ2) is 12.3. The van der Waals surface area contributed by atoms with Crippen LogP contribution in [-0.2, 0) is 23.2 Å². The summed E-state index contributed by atoms with van der Waals surface area (Å²) in [5.74, 6) is 0.676. The number of halogens is 1. The number of nitrogens with zero attached hydrogens (tertiary/aromatic N) is 3. The van der Waals surface area contributed by atoms with E-state index in [0.29, 0.717) is 32.3 Å². The molecule has 0 saturated carbocycles. The van der Waals surface area contributed by atoms with E-state index in [1.54, 1.807) is 17.6 Å². The van der Waals surface area contributed by atoms with Crippen molar-refractivity contribution in [1.82, 2.24) is 14.8 Å². The number of ether oxygens (including phenoxy) is 2. The number of esters is 1. The minimum absolute atomic E-state index is 0.0873. The SMILES string of the molecule is CCOC(=O)c1c(-c2ccccc2)csc1NC(=O)CSc1nnc(COc2ccc(Cl)cc2C)n1C. The number of nitrogens with one attached hydrogen (secondary N) is 1. The third-order valence-corrected chi connectivity index (χ3v) is 7.51. The summed E-state index contributed by atoms with van der Waals surface area (Å²) in [7, 11) is 1.82. The predicted octanol–water partition coefficient (Wildman–Crippen LogP) is 5.99. The van der Waals surface area contributed by atoms with Gasteiger partial charge in [0.25, 0.3) is 0 Å². The van der Waals surface area contributed by atoms with E-state index in [9.17, 15) is 9.59 Å². The fourth-order valence-electron chi connectivity index (χ4n) is 3.49. The van der Waals surface area contributed by atoms with Crippen LogP contribution in [0.4, 0.5) is 5.00 Å². The van der Waals surface area contributed by atoms with Gasteiger partial charge in [0.05, 0.1) is 12.4 Å². The second-order valence-electron chi connectivity index (χ2n) is 7.93. The molecule has 2 aromatic heterocycles. The number of thioether (sulfide) groups is 1. The van der Waals surface area contributed by atoms with Gasteiger partial charge in [-0.3, -0.25) is 4.79 Å². The average molecular weight is 557 g/mol. The van der Waals surface area contributed by atoms with E-state index in [1.807, 2.05) is 61.8 Å². The number of aryl methyl sites for hydroxylation is 1. The molecule has 192 valence electrons. The number of carbonyl (C=O) groups is 2. The summed E-state index contributed by atoms with van der Waals surface area (Å²) in [4.78, 5) is 25.5. The molecule has 1 N–H and O–H groups in total. The molecule has 0 radical (unpaired) electrons. The molecular formula is C26H25ClN4O4S2. The molecule has 0 aliphatic rings. The van der Waals surface area contributed by atoms with Gasteiger partial charge in [0.2, 0.25) is 5.91 Å². The molecule has 0 aliphatic carbocycles. The lowest BCUT2D eigenvalue weighted by Crippen LogP contribution is -2.16. The van der Waals surface area contributed by atoms with E-state index in [-0.39, 0.29) is 24.9 Å². The normalized spacial score (nSPS) is 10.8. The van der Waals surface area contributed by atoms with E-state index < -0.39 is 5.97 Å². The molecule has 0 fully saturated rings. The Bertz CT molecular complexity index is 1410. The van der Waals surface area contributed by atoms with Crippen LogP contribution in [0.1, 0.15) is 28.7 Å². The maximum Gasteiger partial charge on any atom is 0.341 e. The second-order valence-corrected chi connectivity index (χ2v) is 10.2. The summed E-state index contributed by atoms with van der Waals surface area (Å²) in [5.41, 5.74) is 2.87. The summed E-state index contributed by atoms with van der Waals surface area (Å²) in [6, 6.07) is 14.9. The third kappa shape index (κ3) is 6.51. The quantitative estimate of drug-likeness (QED) is 0.189. The van der Waals surface area contributed by atoms with Crippen molar-refractivity contribution in [2.45, 2.75) is 25.6 Å². The number of thiophene rings is 1. The van der Waals surface area contributed by atoms with Crippen LogP contribution in [-0.4, -0.2) is 39.0 Å². The van der Waals surface area contributed by atoms with Crippen LogP contribution in [0.2, 0.25) is 5.02 Å². The van der Waals surface area contributed by atoms with Gasteiger partial charge in [-0.05, 0) is 43.2 Å². The number of carbonyl (C=O) groups excluding carboxylic acids is 2. The zero-order valence-electron chi connectivity index (χ0n) is 20.5. The van der Waals surface area contributed by atoms with Crippen LogP contribution >= 0.6 is 34.7 Å². The molecule has 1 amide bonds. The largest absolute Gasteiger partial charge is 0.485 e. The lowest BCUT2D eigenvalue weighted by Gasteiger charge is -2.10. The van der Waals surface area contributed by atoms with Crippen molar-refractivity contribution < 1.29 is 19.1 Å². The Morgan fingerprint density at radius 3 is 2.68 bits per heavy atom. The number of rotatable bonds is 10. The molecule has 8 nitrogen and oxygen atoms in total. The number of amides is 1. The lowest BCUT2D eigenvalue weighted by atomic mass is 10.0. The maximum absolute atomic E-state index is 12.8. The standard InChI is InChI=1S/C26H25ClN4O4S2/c1-4-34-25(33)23-19(17-8-6-5-7-9-17)14-36-24(23)28-22(32)15-37-26-30-29-21(31(26)3)13-35-20-11-10-18(27)12-16(20)2/h5-12,14H,4,13,15H2,1-3H3,(H,28,32). The smallest absolute Gasteiger partial charge is 0.341 e. The lowest BCUT2D eigenvalue weighted by molar-refractivity contribution is -0.113. The fourth-order valence-corrected chi connectivity index (χ4v) is 5.42. The minimum atomic E-state index is -0.473. The first-order valence-corrected chi connectivity index (χ1v) is 13.7. The van der Waals surface area contributed by atoms with Crippen molar-refractivity contribution in [2.75, 3.05) is 17.7 Å². The molecule has 0 saturated heterocycles. The van der Waals surface area contributed by atoms with Crippen LogP contribution in [0.3, 0.4) is 0 Å². The van der Waals surface area contributed by atoms with Gasteiger partial charge in [-0.25, -0.2) is 4.79 Å². The molecule has 4 rings (SSSR count). The number of hydrogen-bond acceptors (Lipinski definition) is 8. The van der Waals surface area contributed by atoms with Crippen molar-refractivity contribution in [3.05, 3.63) is 75.9 Å². The Morgan fingerprint density at radius 2 is 1.95 bits per heavy atom. The van der Waals surface area contributed by atoms with E-state index in [1.165, 1.54) is 23.1 Å². The molecule has 0 atom stereocenters. The summed E-state index contributed by atoms with van der Waals surface area (Å²) < 4.78 is 12.9. The third-order valence-electron chi connectivity index (χ3n) is 5.36. The predicted molar refractivity (Wildman–Crippen MR) is 147 cm³/mol. The molecule has 4 aromatic rings. The van der Waals surface area contributed by atoms with Gasteiger partial charge in [0, 0.05) is 23.0 Å². The van der Waals surface area contributed by atoms with Gasteiger partial charge < -0.3 is 19.4 Å². The molecule has 0 unspecified atom stereocenters.